The Morgan fingerprint density at radius 1 is 1.17 bits per heavy atom. The number of nitrogens with zero attached hydrogens (tertiary/aromatic N) is 6. The first-order valence-electron chi connectivity index (χ1n) is 7.28. The number of tetrazole rings is 1. The zero-order valence-electron chi connectivity index (χ0n) is 13.3. The Morgan fingerprint density at radius 2 is 1.96 bits per heavy atom. The van der Waals surface area contributed by atoms with Crippen LogP contribution in [0.5, 0.6) is 0 Å². The molecule has 2 heterocycles. The molecule has 0 N–H and O–H groups in total. The Labute approximate surface area is 138 Å². The number of hydrogen-bond acceptors (Lipinski definition) is 7. The molecule has 23 heavy (non-hydrogen) atoms. The highest BCUT2D eigenvalue weighted by Crippen LogP contribution is 2.23. The third-order valence-electron chi connectivity index (χ3n) is 3.11. The van der Waals surface area contributed by atoms with E-state index in [-0.39, 0.29) is 5.41 Å². The molecule has 0 aliphatic carbocycles. The molecule has 120 valence electrons. The van der Waals surface area contributed by atoms with E-state index >= 15 is 0 Å². The maximum atomic E-state index is 5.29. The summed E-state index contributed by atoms with van der Waals surface area (Å²) in [4.78, 5) is 4.42. The van der Waals surface area contributed by atoms with E-state index in [1.54, 1.807) is 4.68 Å². The molecule has 3 aromatic rings. The highest BCUT2D eigenvalue weighted by Gasteiger charge is 2.22. The van der Waals surface area contributed by atoms with Crippen molar-refractivity contribution in [1.82, 2.24) is 30.3 Å². The van der Waals surface area contributed by atoms with Gasteiger partial charge in [-0.05, 0) is 16.0 Å². The van der Waals surface area contributed by atoms with Gasteiger partial charge in [0.1, 0.15) is 0 Å². The summed E-state index contributed by atoms with van der Waals surface area (Å²) in [6.45, 7) is 6.75. The van der Waals surface area contributed by atoms with E-state index in [0.717, 1.165) is 10.7 Å². The fourth-order valence-electron chi connectivity index (χ4n) is 1.90. The molecule has 0 saturated carbocycles. The molecule has 0 bridgehead atoms. The second-order valence-corrected chi connectivity index (χ2v) is 7.10. The number of thioether (sulfide) groups is 1. The van der Waals surface area contributed by atoms with Gasteiger partial charge in [0.2, 0.25) is 11.0 Å². The molecular weight excluding hydrogens is 312 g/mol. The van der Waals surface area contributed by atoms with Crippen molar-refractivity contribution in [3.8, 4) is 0 Å². The van der Waals surface area contributed by atoms with E-state index in [1.165, 1.54) is 11.8 Å². The molecule has 0 amide bonds. The van der Waals surface area contributed by atoms with Crippen molar-refractivity contribution in [3.05, 3.63) is 47.6 Å². The lowest BCUT2D eigenvalue weighted by atomic mass is 9.97. The van der Waals surface area contributed by atoms with Gasteiger partial charge in [-0.1, -0.05) is 68.0 Å². The summed E-state index contributed by atoms with van der Waals surface area (Å²) < 4.78 is 7.06. The van der Waals surface area contributed by atoms with Crippen LogP contribution in [-0.4, -0.2) is 30.3 Å². The zero-order valence-corrected chi connectivity index (χ0v) is 14.1. The van der Waals surface area contributed by atoms with Crippen LogP contribution in [0.1, 0.15) is 38.0 Å². The molecule has 0 radical (unpaired) electrons. The quantitative estimate of drug-likeness (QED) is 0.665. The molecule has 1 aromatic carbocycles. The lowest BCUT2D eigenvalue weighted by Crippen LogP contribution is -2.11. The minimum atomic E-state index is -0.148. The lowest BCUT2D eigenvalue weighted by molar-refractivity contribution is 0.319. The van der Waals surface area contributed by atoms with Gasteiger partial charge in [0.25, 0.3) is 0 Å². The Hall–Kier alpha value is -2.22. The highest BCUT2D eigenvalue weighted by atomic mass is 32.2. The van der Waals surface area contributed by atoms with Crippen molar-refractivity contribution in [3.63, 3.8) is 0 Å². The first-order chi connectivity index (χ1) is 11.0. The third-order valence-corrected chi connectivity index (χ3v) is 4.07. The summed E-state index contributed by atoms with van der Waals surface area (Å²) >= 11 is 1.49. The molecule has 0 fully saturated rings. The second kappa shape index (κ2) is 6.49. The van der Waals surface area contributed by atoms with E-state index in [2.05, 4.69) is 25.7 Å². The van der Waals surface area contributed by atoms with Crippen molar-refractivity contribution in [2.45, 2.75) is 43.6 Å². The van der Waals surface area contributed by atoms with Crippen LogP contribution in [0.15, 0.2) is 40.0 Å². The lowest BCUT2D eigenvalue weighted by Gasteiger charge is -2.10. The van der Waals surface area contributed by atoms with E-state index in [1.807, 2.05) is 51.1 Å². The highest BCUT2D eigenvalue weighted by molar-refractivity contribution is 7.98. The van der Waals surface area contributed by atoms with Gasteiger partial charge in [-0.3, -0.25) is 0 Å². The number of aromatic nitrogens is 6. The van der Waals surface area contributed by atoms with Crippen LogP contribution in [-0.2, 0) is 17.7 Å². The number of benzene rings is 1. The van der Waals surface area contributed by atoms with Gasteiger partial charge >= 0.3 is 0 Å². The van der Waals surface area contributed by atoms with Crippen molar-refractivity contribution in [1.29, 1.82) is 0 Å². The molecule has 0 spiro atoms. The van der Waals surface area contributed by atoms with Crippen molar-refractivity contribution in [2.75, 3.05) is 0 Å². The zero-order chi connectivity index (χ0) is 16.3. The molecular formula is C15H18N6OS. The van der Waals surface area contributed by atoms with E-state index in [4.69, 9.17) is 4.52 Å². The van der Waals surface area contributed by atoms with Crippen LogP contribution in [0.3, 0.4) is 0 Å². The first kappa shape index (κ1) is 15.7. The van der Waals surface area contributed by atoms with Gasteiger partial charge in [0.05, 0.1) is 12.3 Å². The topological polar surface area (TPSA) is 82.5 Å². The van der Waals surface area contributed by atoms with E-state index in [9.17, 15) is 0 Å². The third kappa shape index (κ3) is 3.95. The second-order valence-electron chi connectivity index (χ2n) is 6.16. The average Bonchev–Trinajstić information content (AvgIpc) is 3.15. The molecule has 3 rings (SSSR count). The van der Waals surface area contributed by atoms with Crippen molar-refractivity contribution < 1.29 is 4.52 Å². The summed E-state index contributed by atoms with van der Waals surface area (Å²) in [6.07, 6.45) is 0. The average molecular weight is 330 g/mol. The van der Waals surface area contributed by atoms with Crippen LogP contribution < -0.4 is 0 Å². The first-order valence-corrected chi connectivity index (χ1v) is 8.27. The predicted octanol–water partition coefficient (Wildman–Crippen LogP) is 2.69. The molecule has 8 heteroatoms. The van der Waals surface area contributed by atoms with E-state index in [0.29, 0.717) is 24.0 Å². The van der Waals surface area contributed by atoms with Gasteiger partial charge in [-0.15, -0.1) is 5.10 Å². The minimum absolute atomic E-state index is 0.148. The molecule has 0 saturated heterocycles. The maximum Gasteiger partial charge on any atom is 0.232 e. The summed E-state index contributed by atoms with van der Waals surface area (Å²) in [5.41, 5.74) is 1.00. The van der Waals surface area contributed by atoms with Gasteiger partial charge < -0.3 is 4.52 Å². The summed E-state index contributed by atoms with van der Waals surface area (Å²) in [7, 11) is 0. The van der Waals surface area contributed by atoms with Gasteiger partial charge in [0, 0.05) is 5.41 Å². The Balaban J connectivity index is 1.65. The van der Waals surface area contributed by atoms with Crippen LogP contribution >= 0.6 is 11.8 Å². The normalized spacial score (nSPS) is 11.8. The van der Waals surface area contributed by atoms with Gasteiger partial charge in [-0.2, -0.15) is 4.98 Å². The monoisotopic (exact) mass is 330 g/mol. The Morgan fingerprint density at radius 3 is 2.65 bits per heavy atom. The molecule has 0 unspecified atom stereocenters. The standard InChI is InChI=1S/C15H18N6OS/c1-15(2,3)13-16-12(18-22-13)10-23-14-17-19-20-21(14)9-11-7-5-4-6-8-11/h4-8H,9-10H2,1-3H3. The van der Waals surface area contributed by atoms with Crippen molar-refractivity contribution >= 4 is 11.8 Å². The fourth-order valence-corrected chi connectivity index (χ4v) is 2.62. The van der Waals surface area contributed by atoms with Gasteiger partial charge in [-0.25, -0.2) is 4.68 Å². The molecule has 0 atom stereocenters. The molecule has 2 aromatic heterocycles. The Bertz CT molecular complexity index is 762. The number of rotatable bonds is 5. The minimum Gasteiger partial charge on any atom is -0.339 e. The van der Waals surface area contributed by atoms with Crippen LogP contribution in [0, 0.1) is 0 Å². The van der Waals surface area contributed by atoms with Crippen LogP contribution in [0.2, 0.25) is 0 Å². The largest absolute Gasteiger partial charge is 0.339 e. The number of hydrogen-bond donors (Lipinski definition) is 0. The SMILES string of the molecule is CC(C)(C)c1nc(CSc2nnnn2Cc2ccccc2)no1. The van der Waals surface area contributed by atoms with Gasteiger partial charge in [0.15, 0.2) is 5.82 Å². The van der Waals surface area contributed by atoms with E-state index < -0.39 is 0 Å². The smallest absolute Gasteiger partial charge is 0.232 e. The molecule has 0 aliphatic heterocycles. The van der Waals surface area contributed by atoms with Crippen LogP contribution in [0.25, 0.3) is 0 Å². The summed E-state index contributed by atoms with van der Waals surface area (Å²) in [6, 6.07) is 10.1. The molecule has 7 nitrogen and oxygen atoms in total. The Kier molecular flexibility index (Phi) is 4.42. The summed E-state index contributed by atoms with van der Waals surface area (Å²) in [5.74, 6) is 1.85. The van der Waals surface area contributed by atoms with Crippen molar-refractivity contribution in [2.24, 2.45) is 0 Å². The maximum absolute atomic E-state index is 5.29. The van der Waals surface area contributed by atoms with Crippen LogP contribution in [0.4, 0.5) is 0 Å². The fraction of sp³-hybridized carbons (Fsp3) is 0.400. The predicted molar refractivity (Wildman–Crippen MR) is 85.9 cm³/mol. The summed E-state index contributed by atoms with van der Waals surface area (Å²) in [5, 5.41) is 16.6. The molecule has 0 aliphatic rings.